The average molecular weight is 655 g/mol. The lowest BCUT2D eigenvalue weighted by Gasteiger charge is -2.42. The molecule has 2 aromatic carbocycles. The molecule has 256 valence electrons. The number of hydrogen-bond acceptors (Lipinski definition) is 15. The molecule has 46 heavy (non-hydrogen) atoms. The summed E-state index contributed by atoms with van der Waals surface area (Å²) in [6, 6.07) is 7.28. The molecule has 0 spiro atoms. The molecule has 3 heterocycles. The van der Waals surface area contributed by atoms with E-state index in [1.54, 1.807) is 33.1 Å². The van der Waals surface area contributed by atoms with Gasteiger partial charge in [-0.1, -0.05) is 12.1 Å². The molecule has 15 heteroatoms. The van der Waals surface area contributed by atoms with Crippen LogP contribution in [0.5, 0.6) is 23.0 Å². The topological polar surface area (TPSA) is 226 Å². The zero-order valence-corrected chi connectivity index (χ0v) is 25.8. The van der Waals surface area contributed by atoms with E-state index in [2.05, 4.69) is 0 Å². The third kappa shape index (κ3) is 6.25. The molecule has 0 aliphatic carbocycles. The molecule has 0 unspecified atom stereocenters. The summed E-state index contributed by atoms with van der Waals surface area (Å²) in [6.07, 6.45) is -16.5. The highest BCUT2D eigenvalue weighted by Crippen LogP contribution is 2.54. The van der Waals surface area contributed by atoms with E-state index in [1.165, 1.54) is 7.11 Å². The van der Waals surface area contributed by atoms with Crippen molar-refractivity contribution in [1.82, 2.24) is 0 Å². The monoisotopic (exact) mass is 654 g/mol. The summed E-state index contributed by atoms with van der Waals surface area (Å²) in [5.74, 6) is 1.06. The molecule has 5 rings (SSSR count). The molecule has 0 amide bonds. The van der Waals surface area contributed by atoms with Gasteiger partial charge in [0.15, 0.2) is 0 Å². The first kappa shape index (κ1) is 34.5. The molecule has 0 bridgehead atoms. The number of benzene rings is 2. The van der Waals surface area contributed by atoms with Crippen molar-refractivity contribution >= 4 is 0 Å². The Morgan fingerprint density at radius 3 is 1.70 bits per heavy atom. The van der Waals surface area contributed by atoms with E-state index in [-0.39, 0.29) is 17.2 Å². The zero-order chi connectivity index (χ0) is 33.4. The van der Waals surface area contributed by atoms with Gasteiger partial charge in [0.2, 0.25) is 12.6 Å². The van der Waals surface area contributed by atoms with Crippen LogP contribution in [0.4, 0.5) is 0 Å². The van der Waals surface area contributed by atoms with Gasteiger partial charge in [0.05, 0.1) is 32.0 Å². The van der Waals surface area contributed by atoms with Crippen LogP contribution in [0.3, 0.4) is 0 Å². The van der Waals surface area contributed by atoms with Gasteiger partial charge in [0, 0.05) is 24.7 Å². The maximum Gasteiger partial charge on any atom is 0.229 e. The van der Waals surface area contributed by atoms with Crippen LogP contribution in [-0.2, 0) is 14.2 Å². The zero-order valence-electron chi connectivity index (χ0n) is 25.8. The first-order chi connectivity index (χ1) is 21.9. The number of ether oxygens (including phenoxy) is 7. The molecular formula is C31H42O15. The second-order valence-electron chi connectivity index (χ2n) is 11.6. The first-order valence-electron chi connectivity index (χ1n) is 14.9. The van der Waals surface area contributed by atoms with Crippen molar-refractivity contribution in [1.29, 1.82) is 0 Å². The molecule has 2 fully saturated rings. The van der Waals surface area contributed by atoms with Crippen LogP contribution >= 0.6 is 0 Å². The summed E-state index contributed by atoms with van der Waals surface area (Å²) < 4.78 is 41.3. The highest BCUT2D eigenvalue weighted by molar-refractivity contribution is 5.64. The molecule has 3 aliphatic heterocycles. The lowest BCUT2D eigenvalue weighted by Crippen LogP contribution is -2.60. The van der Waals surface area contributed by atoms with E-state index in [0.717, 1.165) is 5.56 Å². The largest absolute Gasteiger partial charge is 0.497 e. The van der Waals surface area contributed by atoms with Crippen LogP contribution in [0.25, 0.3) is 0 Å². The minimum absolute atomic E-state index is 0.0598. The van der Waals surface area contributed by atoms with Crippen molar-refractivity contribution < 1.29 is 74.0 Å². The maximum absolute atomic E-state index is 10.8. The molecule has 0 saturated carbocycles. The van der Waals surface area contributed by atoms with Crippen LogP contribution in [0.2, 0.25) is 0 Å². The molecule has 8 N–H and O–H groups in total. The van der Waals surface area contributed by atoms with Crippen LogP contribution < -0.4 is 18.9 Å². The fourth-order valence-electron chi connectivity index (χ4n) is 6.07. The standard InChI is InChI=1S/C31H42O15/c1-12-27(45-30-25(38)23(36)21(34)18(10-32)43-30)13(2)29(46-31-26(39)24(37)22(35)19(11-33)44-31)20-17(41-4)9-16(42-28(12)20)14-5-7-15(40-3)8-6-14/h5-8,16-19,21-26,30-39H,9-11H2,1-4H3/t16-,17+,18+,19+,21+,22+,23+,24+,25+,26+,30-,31-/m1/s1. The van der Waals surface area contributed by atoms with Crippen molar-refractivity contribution in [2.75, 3.05) is 27.4 Å². The van der Waals surface area contributed by atoms with Gasteiger partial charge < -0.3 is 74.0 Å². The predicted molar refractivity (Wildman–Crippen MR) is 155 cm³/mol. The van der Waals surface area contributed by atoms with Crippen molar-refractivity contribution in [2.24, 2.45) is 0 Å². The summed E-state index contributed by atoms with van der Waals surface area (Å²) in [5, 5.41) is 82.3. The maximum atomic E-state index is 10.8. The van der Waals surface area contributed by atoms with E-state index in [1.807, 2.05) is 12.1 Å². The van der Waals surface area contributed by atoms with Crippen LogP contribution in [0, 0.1) is 13.8 Å². The van der Waals surface area contributed by atoms with E-state index in [0.29, 0.717) is 28.9 Å². The van der Waals surface area contributed by atoms with E-state index in [9.17, 15) is 40.9 Å². The summed E-state index contributed by atoms with van der Waals surface area (Å²) in [7, 11) is 3.06. The highest BCUT2D eigenvalue weighted by atomic mass is 16.7. The van der Waals surface area contributed by atoms with Gasteiger partial charge in [-0.05, 0) is 31.5 Å². The Morgan fingerprint density at radius 2 is 1.22 bits per heavy atom. The second kappa shape index (κ2) is 14.1. The normalized spacial score (nSPS) is 36.0. The Labute approximate surface area is 265 Å². The minimum atomic E-state index is -1.73. The number of fused-ring (bicyclic) bond motifs is 1. The number of aliphatic hydroxyl groups is 8. The quantitative estimate of drug-likeness (QED) is 0.160. The smallest absolute Gasteiger partial charge is 0.229 e. The number of aliphatic hydroxyl groups excluding tert-OH is 8. The van der Waals surface area contributed by atoms with Gasteiger partial charge in [-0.2, -0.15) is 0 Å². The number of hydrogen-bond donors (Lipinski definition) is 8. The van der Waals surface area contributed by atoms with Gasteiger partial charge in [0.1, 0.15) is 77.9 Å². The third-order valence-electron chi connectivity index (χ3n) is 8.80. The fraction of sp³-hybridized carbons (Fsp3) is 0.613. The summed E-state index contributed by atoms with van der Waals surface area (Å²) >= 11 is 0. The van der Waals surface area contributed by atoms with Gasteiger partial charge in [0.25, 0.3) is 0 Å². The molecule has 15 nitrogen and oxygen atoms in total. The Kier molecular flexibility index (Phi) is 10.6. The van der Waals surface area contributed by atoms with Gasteiger partial charge in [-0.15, -0.1) is 0 Å². The van der Waals surface area contributed by atoms with Gasteiger partial charge in [-0.25, -0.2) is 0 Å². The first-order valence-corrected chi connectivity index (χ1v) is 14.9. The molecule has 0 radical (unpaired) electrons. The molecule has 2 saturated heterocycles. The average Bonchev–Trinajstić information content (AvgIpc) is 3.07. The molecule has 12 atom stereocenters. The van der Waals surface area contributed by atoms with Crippen LogP contribution in [-0.4, -0.2) is 130 Å². The van der Waals surface area contributed by atoms with Crippen molar-refractivity contribution in [3.05, 3.63) is 46.5 Å². The van der Waals surface area contributed by atoms with Crippen LogP contribution in [0.1, 0.15) is 40.9 Å². The van der Waals surface area contributed by atoms with Crippen molar-refractivity contribution in [3.8, 4) is 23.0 Å². The van der Waals surface area contributed by atoms with E-state index < -0.39 is 86.8 Å². The SMILES string of the molecule is COc1ccc([C@H]2C[C@H](OC)c3c(O[C@H]4O[C@@H](CO)[C@H](O)[C@H](O)[C@@H]4O)c(C)c(O[C@H]4O[C@@H](CO)[C@H](O)[C@H](O)[C@@H]4O)c(C)c3O2)cc1. The van der Waals surface area contributed by atoms with Crippen LogP contribution in [0.15, 0.2) is 24.3 Å². The number of methoxy groups -OCH3 is 2. The van der Waals surface area contributed by atoms with Gasteiger partial charge >= 0.3 is 0 Å². The third-order valence-corrected chi connectivity index (χ3v) is 8.80. The predicted octanol–water partition coefficient (Wildman–Crippen LogP) is -1.12. The molecule has 3 aliphatic rings. The van der Waals surface area contributed by atoms with Gasteiger partial charge in [-0.3, -0.25) is 0 Å². The van der Waals surface area contributed by atoms with E-state index in [4.69, 9.17) is 33.2 Å². The molecular weight excluding hydrogens is 612 g/mol. The highest BCUT2D eigenvalue weighted by Gasteiger charge is 2.48. The van der Waals surface area contributed by atoms with Crippen molar-refractivity contribution in [3.63, 3.8) is 0 Å². The van der Waals surface area contributed by atoms with E-state index >= 15 is 0 Å². The van der Waals surface area contributed by atoms with Crippen molar-refractivity contribution in [2.45, 2.75) is 93.9 Å². The Hall–Kier alpha value is -2.80. The number of rotatable bonds is 9. The minimum Gasteiger partial charge on any atom is -0.497 e. The second-order valence-corrected chi connectivity index (χ2v) is 11.6. The molecule has 0 aromatic heterocycles. The summed E-state index contributed by atoms with van der Waals surface area (Å²) in [5.41, 5.74) is 1.94. The Bertz CT molecular complexity index is 1330. The summed E-state index contributed by atoms with van der Waals surface area (Å²) in [4.78, 5) is 0. The Balaban J connectivity index is 1.61. The lowest BCUT2D eigenvalue weighted by atomic mass is 9.90. The Morgan fingerprint density at radius 1 is 0.696 bits per heavy atom. The summed E-state index contributed by atoms with van der Waals surface area (Å²) in [6.45, 7) is 1.95. The molecule has 2 aromatic rings. The fourth-order valence-corrected chi connectivity index (χ4v) is 6.07. The lowest BCUT2D eigenvalue weighted by molar-refractivity contribution is -0.279.